The fourth-order valence-electron chi connectivity index (χ4n) is 1.29. The molecule has 0 radical (unpaired) electrons. The number of phenolic OH excluding ortho intramolecular Hbond substituents is 1. The fourth-order valence-corrected chi connectivity index (χ4v) is 1.29. The Balaban J connectivity index is 2.58. The molecule has 1 aromatic rings. The van der Waals surface area contributed by atoms with Crippen LogP contribution < -0.4 is 10.5 Å². The van der Waals surface area contributed by atoms with Gasteiger partial charge in [0.05, 0.1) is 11.6 Å². The van der Waals surface area contributed by atoms with Gasteiger partial charge < -0.3 is 15.6 Å². The van der Waals surface area contributed by atoms with Crippen molar-refractivity contribution in [2.75, 3.05) is 6.61 Å². The van der Waals surface area contributed by atoms with E-state index >= 15 is 0 Å². The maximum atomic E-state index is 9.34. The number of nitrogens with two attached hydrogens (primary N) is 1. The molecule has 1 aliphatic heterocycles. The van der Waals surface area contributed by atoms with Crippen LogP contribution >= 0.6 is 0 Å². The molecule has 0 amide bonds. The van der Waals surface area contributed by atoms with E-state index in [0.29, 0.717) is 12.4 Å². The molecule has 1 atom stereocenters. The summed E-state index contributed by atoms with van der Waals surface area (Å²) in [6.07, 6.45) is 0. The fraction of sp³-hybridized carbons (Fsp3) is 0.250. The lowest BCUT2D eigenvalue weighted by molar-refractivity contribution is 0.333. The molecule has 0 spiro atoms. The summed E-state index contributed by atoms with van der Waals surface area (Å²) < 4.78 is 5.21. The molecular formula is C8H9NO2. The number of ether oxygens (including phenoxy) is 1. The van der Waals surface area contributed by atoms with Crippen LogP contribution in [0.25, 0.3) is 0 Å². The van der Waals surface area contributed by atoms with Gasteiger partial charge in [-0.05, 0) is 12.1 Å². The van der Waals surface area contributed by atoms with Gasteiger partial charge in [-0.1, -0.05) is 6.07 Å². The molecule has 0 saturated carbocycles. The summed E-state index contributed by atoms with van der Waals surface area (Å²) in [5.41, 5.74) is 6.39. The first kappa shape index (κ1) is 6.49. The van der Waals surface area contributed by atoms with Crippen LogP contribution in [0.5, 0.6) is 11.5 Å². The molecule has 3 nitrogen and oxygen atoms in total. The van der Waals surface area contributed by atoms with E-state index in [1.165, 1.54) is 0 Å². The first-order valence-electron chi connectivity index (χ1n) is 3.49. The molecule has 1 aliphatic rings. The maximum absolute atomic E-state index is 9.34. The number of hydrogen-bond donors (Lipinski definition) is 2. The topological polar surface area (TPSA) is 55.5 Å². The van der Waals surface area contributed by atoms with Gasteiger partial charge in [-0.2, -0.15) is 0 Å². The number of benzene rings is 1. The van der Waals surface area contributed by atoms with Crippen LogP contribution in [-0.4, -0.2) is 11.7 Å². The predicted octanol–water partition coefficient (Wildman–Crippen LogP) is 0.784. The third-order valence-electron chi connectivity index (χ3n) is 1.83. The molecule has 0 aromatic heterocycles. The molecule has 3 heteroatoms. The number of phenols is 1. The Bertz CT molecular complexity index is 285. The highest BCUT2D eigenvalue weighted by molar-refractivity contribution is 5.48. The van der Waals surface area contributed by atoms with Gasteiger partial charge in [0.1, 0.15) is 18.1 Å². The highest BCUT2D eigenvalue weighted by Gasteiger charge is 2.23. The van der Waals surface area contributed by atoms with Crippen LogP contribution in [0.1, 0.15) is 11.6 Å². The van der Waals surface area contributed by atoms with Gasteiger partial charge in [0.25, 0.3) is 0 Å². The van der Waals surface area contributed by atoms with Gasteiger partial charge in [-0.3, -0.25) is 0 Å². The van der Waals surface area contributed by atoms with E-state index in [0.717, 1.165) is 5.56 Å². The first-order chi connectivity index (χ1) is 5.29. The highest BCUT2D eigenvalue weighted by atomic mass is 16.5. The molecular weight excluding hydrogens is 142 g/mol. The Morgan fingerprint density at radius 2 is 2.36 bits per heavy atom. The summed E-state index contributed by atoms with van der Waals surface area (Å²) in [5.74, 6) is 0.935. The van der Waals surface area contributed by atoms with E-state index in [1.54, 1.807) is 12.1 Å². The van der Waals surface area contributed by atoms with Gasteiger partial charge >= 0.3 is 0 Å². The van der Waals surface area contributed by atoms with Crippen LogP contribution in [0.15, 0.2) is 18.2 Å². The van der Waals surface area contributed by atoms with Crippen LogP contribution in [-0.2, 0) is 0 Å². The van der Waals surface area contributed by atoms with Gasteiger partial charge in [0.15, 0.2) is 0 Å². The molecule has 3 N–H and O–H groups in total. The normalized spacial score (nSPS) is 21.0. The van der Waals surface area contributed by atoms with E-state index in [9.17, 15) is 5.11 Å². The molecule has 0 bridgehead atoms. The molecule has 11 heavy (non-hydrogen) atoms. The minimum absolute atomic E-state index is 0.175. The van der Waals surface area contributed by atoms with Crippen molar-refractivity contribution >= 4 is 0 Å². The largest absolute Gasteiger partial charge is 0.507 e. The zero-order valence-electron chi connectivity index (χ0n) is 5.95. The van der Waals surface area contributed by atoms with Gasteiger partial charge in [-0.15, -0.1) is 0 Å². The summed E-state index contributed by atoms with van der Waals surface area (Å²) in [4.78, 5) is 0. The Morgan fingerprint density at radius 3 is 3.09 bits per heavy atom. The van der Waals surface area contributed by atoms with Crippen molar-refractivity contribution in [3.63, 3.8) is 0 Å². The van der Waals surface area contributed by atoms with Crippen molar-refractivity contribution in [2.24, 2.45) is 5.73 Å². The summed E-state index contributed by atoms with van der Waals surface area (Å²) in [6.45, 7) is 0.465. The quantitative estimate of drug-likeness (QED) is 0.576. The summed E-state index contributed by atoms with van der Waals surface area (Å²) in [6, 6.07) is 4.99. The van der Waals surface area contributed by atoms with Crippen LogP contribution in [0.2, 0.25) is 0 Å². The molecule has 0 aliphatic carbocycles. The van der Waals surface area contributed by atoms with Gasteiger partial charge in [-0.25, -0.2) is 0 Å². The number of aromatic hydroxyl groups is 1. The smallest absolute Gasteiger partial charge is 0.128 e. The van der Waals surface area contributed by atoms with Crippen molar-refractivity contribution in [1.82, 2.24) is 0 Å². The van der Waals surface area contributed by atoms with Crippen LogP contribution in [0, 0.1) is 0 Å². The van der Waals surface area contributed by atoms with Crippen molar-refractivity contribution in [3.05, 3.63) is 23.8 Å². The molecule has 1 aromatic carbocycles. The van der Waals surface area contributed by atoms with Crippen LogP contribution in [0.4, 0.5) is 0 Å². The third kappa shape index (κ3) is 0.851. The lowest BCUT2D eigenvalue weighted by Gasteiger charge is -2.01. The monoisotopic (exact) mass is 151 g/mol. The SMILES string of the molecule is N[C@@H]1COc2cccc(O)c21. The maximum Gasteiger partial charge on any atom is 0.128 e. The number of hydrogen-bond acceptors (Lipinski definition) is 3. The zero-order valence-corrected chi connectivity index (χ0v) is 5.95. The molecule has 2 rings (SSSR count). The third-order valence-corrected chi connectivity index (χ3v) is 1.83. The Kier molecular flexibility index (Phi) is 1.26. The molecule has 0 fully saturated rings. The predicted molar refractivity (Wildman–Crippen MR) is 40.5 cm³/mol. The molecule has 1 heterocycles. The Morgan fingerprint density at radius 1 is 1.55 bits per heavy atom. The minimum Gasteiger partial charge on any atom is -0.507 e. The van der Waals surface area contributed by atoms with Gasteiger partial charge in [0.2, 0.25) is 0 Å². The zero-order chi connectivity index (χ0) is 7.84. The molecule has 0 unspecified atom stereocenters. The van der Waals surface area contributed by atoms with E-state index in [1.807, 2.05) is 6.07 Å². The molecule has 58 valence electrons. The van der Waals surface area contributed by atoms with E-state index < -0.39 is 0 Å². The van der Waals surface area contributed by atoms with Crippen molar-refractivity contribution < 1.29 is 9.84 Å². The Hall–Kier alpha value is -1.22. The standard InChI is InChI=1S/C8H9NO2/c9-5-4-11-7-3-1-2-6(10)8(5)7/h1-3,5,10H,4,9H2/t5-/m1/s1. The number of fused-ring (bicyclic) bond motifs is 1. The van der Waals surface area contributed by atoms with Crippen molar-refractivity contribution in [1.29, 1.82) is 0 Å². The lowest BCUT2D eigenvalue weighted by Crippen LogP contribution is -2.10. The van der Waals surface area contributed by atoms with Crippen molar-refractivity contribution in [2.45, 2.75) is 6.04 Å². The van der Waals surface area contributed by atoms with Crippen LogP contribution in [0.3, 0.4) is 0 Å². The van der Waals surface area contributed by atoms with E-state index in [2.05, 4.69) is 0 Å². The molecule has 0 saturated heterocycles. The first-order valence-corrected chi connectivity index (χ1v) is 3.49. The lowest BCUT2D eigenvalue weighted by atomic mass is 10.1. The summed E-state index contributed by atoms with van der Waals surface area (Å²) >= 11 is 0. The summed E-state index contributed by atoms with van der Waals surface area (Å²) in [7, 11) is 0. The minimum atomic E-state index is -0.175. The average molecular weight is 151 g/mol. The van der Waals surface area contributed by atoms with E-state index in [4.69, 9.17) is 10.5 Å². The average Bonchev–Trinajstić information content (AvgIpc) is 2.34. The van der Waals surface area contributed by atoms with Gasteiger partial charge in [0, 0.05) is 0 Å². The highest BCUT2D eigenvalue weighted by Crippen LogP contribution is 2.36. The second-order valence-electron chi connectivity index (χ2n) is 2.61. The van der Waals surface area contributed by atoms with E-state index in [-0.39, 0.29) is 11.8 Å². The summed E-state index contributed by atoms with van der Waals surface area (Å²) in [5, 5.41) is 9.34. The second kappa shape index (κ2) is 2.13. The Labute approximate surface area is 64.4 Å². The number of rotatable bonds is 0. The second-order valence-corrected chi connectivity index (χ2v) is 2.61. The van der Waals surface area contributed by atoms with Crippen molar-refractivity contribution in [3.8, 4) is 11.5 Å².